The standard InChI is InChI=1S/C42H57N9O8S/c1-27-28(2)47-48-39(27)46-40-31-23-36(60(55,56)42(3,4)5)35(24-33(31)44-26-45-40)59-22-19-50-16-14-49(15-17-50)18-21-58-20-8-10-29-9-7-11-30-32(29)25-51(41(30)54)34(38(43)53)12-13-37(52)57-6/h7,9,11,23-24,26,34H,8,10,12-22,25H2,1-6H3,(H2,43,53)(H2,44,45,46,47,48). The Hall–Kier alpha value is -5.17. The van der Waals surface area contributed by atoms with E-state index in [0.29, 0.717) is 60.9 Å². The molecule has 0 radical (unpaired) electrons. The minimum atomic E-state index is -3.80. The maximum atomic E-state index is 13.9. The van der Waals surface area contributed by atoms with Gasteiger partial charge in [-0.15, -0.1) is 0 Å². The highest BCUT2D eigenvalue weighted by atomic mass is 32.2. The number of amides is 2. The molecule has 17 nitrogen and oxygen atoms in total. The van der Waals surface area contributed by atoms with Gasteiger partial charge in [0.15, 0.2) is 15.7 Å². The molecule has 2 aliphatic rings. The molecule has 6 rings (SSSR count). The molecule has 0 spiro atoms. The number of primary amides is 1. The van der Waals surface area contributed by atoms with Crippen molar-refractivity contribution in [1.82, 2.24) is 34.9 Å². The number of nitrogens with two attached hydrogens (primary N) is 1. The molecule has 4 heterocycles. The number of sulfone groups is 1. The monoisotopic (exact) mass is 847 g/mol. The number of benzene rings is 2. The summed E-state index contributed by atoms with van der Waals surface area (Å²) in [6, 6.07) is 8.00. The lowest BCUT2D eigenvalue weighted by atomic mass is 10.00. The van der Waals surface area contributed by atoms with Crippen LogP contribution in [0.5, 0.6) is 5.75 Å². The average Bonchev–Trinajstić information content (AvgIpc) is 3.72. The van der Waals surface area contributed by atoms with Gasteiger partial charge in [-0.3, -0.25) is 29.3 Å². The van der Waals surface area contributed by atoms with E-state index in [1.54, 1.807) is 39.0 Å². The van der Waals surface area contributed by atoms with Gasteiger partial charge in [-0.05, 0) is 77.1 Å². The largest absolute Gasteiger partial charge is 0.491 e. The molecule has 0 aliphatic carbocycles. The van der Waals surface area contributed by atoms with Gasteiger partial charge >= 0.3 is 5.97 Å². The molecule has 1 fully saturated rings. The van der Waals surface area contributed by atoms with Crippen molar-refractivity contribution < 1.29 is 37.0 Å². The van der Waals surface area contributed by atoms with Crippen molar-refractivity contribution in [1.29, 1.82) is 0 Å². The van der Waals surface area contributed by atoms with Crippen molar-refractivity contribution in [3.63, 3.8) is 0 Å². The molecule has 2 aromatic heterocycles. The first-order valence-electron chi connectivity index (χ1n) is 20.3. The molecule has 1 atom stereocenters. The smallest absolute Gasteiger partial charge is 0.305 e. The summed E-state index contributed by atoms with van der Waals surface area (Å²) in [6.45, 7) is 15.5. The van der Waals surface area contributed by atoms with Gasteiger partial charge in [-0.2, -0.15) is 5.10 Å². The van der Waals surface area contributed by atoms with Crippen LogP contribution in [0, 0.1) is 13.8 Å². The van der Waals surface area contributed by atoms with Crippen LogP contribution >= 0.6 is 0 Å². The number of fused-ring (bicyclic) bond motifs is 2. The maximum absolute atomic E-state index is 13.9. The Labute approximate surface area is 351 Å². The first-order valence-corrected chi connectivity index (χ1v) is 21.8. The SMILES string of the molecule is COC(=O)CCC(C(N)=O)N1Cc2c(CCCOCCN3CCN(CCOc4cc5ncnc(Nc6n[nH]c(C)c6C)c5cc4S(=O)(=O)C(C)(C)C)CC3)cccc2C1=O. The summed E-state index contributed by atoms with van der Waals surface area (Å²) in [5.41, 5.74) is 10.5. The summed E-state index contributed by atoms with van der Waals surface area (Å²) in [6.07, 6.45) is 3.02. The van der Waals surface area contributed by atoms with E-state index in [0.717, 1.165) is 61.5 Å². The van der Waals surface area contributed by atoms with E-state index in [-0.39, 0.29) is 35.9 Å². The molecular weight excluding hydrogens is 791 g/mol. The minimum absolute atomic E-state index is 0.00867. The fourth-order valence-corrected chi connectivity index (χ4v) is 8.75. The Kier molecular flexibility index (Phi) is 14.1. The number of aryl methyl sites for hydroxylation is 2. The second kappa shape index (κ2) is 19.0. The van der Waals surface area contributed by atoms with Crippen LogP contribution in [0.25, 0.3) is 10.9 Å². The summed E-state index contributed by atoms with van der Waals surface area (Å²) in [7, 11) is -2.52. The van der Waals surface area contributed by atoms with E-state index in [4.69, 9.17) is 19.9 Å². The van der Waals surface area contributed by atoms with Gasteiger partial charge in [0.1, 0.15) is 35.4 Å². The summed E-state index contributed by atoms with van der Waals surface area (Å²) < 4.78 is 43.6. The predicted molar refractivity (Wildman–Crippen MR) is 226 cm³/mol. The van der Waals surface area contributed by atoms with Crippen LogP contribution in [0.3, 0.4) is 0 Å². The second-order valence-electron chi connectivity index (χ2n) is 16.3. The quantitative estimate of drug-likeness (QED) is 0.0907. The summed E-state index contributed by atoms with van der Waals surface area (Å²) in [4.78, 5) is 52.2. The Balaban J connectivity index is 0.953. The topological polar surface area (TPSA) is 215 Å². The number of carbonyl (C=O) groups is 3. The number of aromatic nitrogens is 4. The molecule has 2 aliphatic heterocycles. The fraction of sp³-hybridized carbons (Fsp3) is 0.524. The van der Waals surface area contributed by atoms with Crippen molar-refractivity contribution in [2.75, 3.05) is 71.5 Å². The van der Waals surface area contributed by atoms with Crippen LogP contribution in [0.2, 0.25) is 0 Å². The lowest BCUT2D eigenvalue weighted by Crippen LogP contribution is -2.48. The molecule has 1 unspecified atom stereocenters. The van der Waals surface area contributed by atoms with Crippen LogP contribution in [0.1, 0.15) is 72.8 Å². The number of ether oxygens (including phenoxy) is 3. The Morgan fingerprint density at radius 2 is 1.72 bits per heavy atom. The second-order valence-corrected chi connectivity index (χ2v) is 18.9. The zero-order valence-corrected chi connectivity index (χ0v) is 36.2. The average molecular weight is 848 g/mol. The maximum Gasteiger partial charge on any atom is 0.305 e. The number of carbonyl (C=O) groups excluding carboxylic acids is 3. The molecule has 2 amide bonds. The van der Waals surface area contributed by atoms with Crippen LogP contribution < -0.4 is 15.8 Å². The van der Waals surface area contributed by atoms with E-state index < -0.39 is 32.5 Å². The van der Waals surface area contributed by atoms with Crippen molar-refractivity contribution >= 4 is 50.2 Å². The number of H-pyrrole nitrogens is 1. The molecular formula is C42H57N9O8S. The van der Waals surface area contributed by atoms with Gasteiger partial charge in [-0.1, -0.05) is 12.1 Å². The lowest BCUT2D eigenvalue weighted by Gasteiger charge is -2.34. The number of nitrogens with one attached hydrogen (secondary N) is 2. The molecule has 2 aromatic carbocycles. The van der Waals surface area contributed by atoms with Gasteiger partial charge in [-0.25, -0.2) is 18.4 Å². The summed E-state index contributed by atoms with van der Waals surface area (Å²) in [5, 5.41) is 11.0. The number of piperazine rings is 1. The number of nitrogens with zero attached hydrogens (tertiary/aromatic N) is 6. The number of hydrogen-bond donors (Lipinski definition) is 3. The van der Waals surface area contributed by atoms with Crippen molar-refractivity contribution in [2.24, 2.45) is 5.73 Å². The first kappa shape index (κ1) is 44.4. The number of rotatable bonds is 19. The first-order chi connectivity index (χ1) is 28.6. The van der Waals surface area contributed by atoms with Crippen molar-refractivity contribution in [3.8, 4) is 5.75 Å². The van der Waals surface area contributed by atoms with Gasteiger partial charge in [0.05, 0.1) is 24.0 Å². The minimum Gasteiger partial charge on any atom is -0.491 e. The third-order valence-electron chi connectivity index (χ3n) is 11.4. The van der Waals surface area contributed by atoms with Crippen LogP contribution in [-0.2, 0) is 41.9 Å². The van der Waals surface area contributed by atoms with Crippen LogP contribution in [-0.4, -0.2) is 138 Å². The van der Waals surface area contributed by atoms with Gasteiger partial charge in [0, 0.05) is 87.1 Å². The van der Waals surface area contributed by atoms with Crippen molar-refractivity contribution in [2.45, 2.75) is 82.5 Å². The van der Waals surface area contributed by atoms with E-state index in [2.05, 4.69) is 35.3 Å². The van der Waals surface area contributed by atoms with Crippen LogP contribution in [0.15, 0.2) is 41.6 Å². The summed E-state index contributed by atoms with van der Waals surface area (Å²) >= 11 is 0. The van der Waals surface area contributed by atoms with Crippen LogP contribution in [0.4, 0.5) is 11.6 Å². The van der Waals surface area contributed by atoms with Crippen molar-refractivity contribution in [3.05, 3.63) is 64.6 Å². The highest BCUT2D eigenvalue weighted by molar-refractivity contribution is 7.92. The zero-order valence-electron chi connectivity index (χ0n) is 35.4. The number of anilines is 2. The molecule has 4 N–H and O–H groups in total. The Morgan fingerprint density at radius 1 is 1.00 bits per heavy atom. The normalized spacial score (nSPS) is 15.6. The molecule has 0 saturated carbocycles. The molecule has 0 bridgehead atoms. The van der Waals surface area contributed by atoms with Gasteiger partial charge in [0.25, 0.3) is 5.91 Å². The predicted octanol–water partition coefficient (Wildman–Crippen LogP) is 3.69. The van der Waals surface area contributed by atoms with Gasteiger partial charge < -0.3 is 30.2 Å². The van der Waals surface area contributed by atoms with E-state index in [1.165, 1.54) is 18.3 Å². The zero-order chi connectivity index (χ0) is 43.2. The highest BCUT2D eigenvalue weighted by Gasteiger charge is 2.37. The van der Waals surface area contributed by atoms with E-state index in [1.807, 2.05) is 26.0 Å². The highest BCUT2D eigenvalue weighted by Crippen LogP contribution is 2.37. The number of hydrogen-bond acceptors (Lipinski definition) is 14. The number of esters is 1. The lowest BCUT2D eigenvalue weighted by molar-refractivity contribution is -0.141. The number of methoxy groups -OCH3 is 1. The van der Waals surface area contributed by atoms with Gasteiger partial charge in [0.2, 0.25) is 5.91 Å². The third-order valence-corrected chi connectivity index (χ3v) is 13.9. The number of aromatic amines is 1. The molecule has 324 valence electrons. The molecule has 4 aromatic rings. The Bertz CT molecular complexity index is 2300. The third kappa shape index (κ3) is 10.1. The molecule has 60 heavy (non-hydrogen) atoms. The molecule has 18 heteroatoms. The van der Waals surface area contributed by atoms with E-state index >= 15 is 0 Å². The fourth-order valence-electron chi connectivity index (χ4n) is 7.43. The Morgan fingerprint density at radius 3 is 2.37 bits per heavy atom. The van der Waals surface area contributed by atoms with E-state index in [9.17, 15) is 22.8 Å². The molecule has 1 saturated heterocycles. The summed E-state index contributed by atoms with van der Waals surface area (Å²) in [5.74, 6) is -0.0530.